The Bertz CT molecular complexity index is 833. The van der Waals surface area contributed by atoms with E-state index in [1.165, 1.54) is 16.1 Å². The minimum absolute atomic E-state index is 0.0757. The molecule has 8 nitrogen and oxygen atoms in total. The van der Waals surface area contributed by atoms with Crippen LogP contribution in [0.5, 0.6) is 0 Å². The second-order valence-electron chi connectivity index (χ2n) is 8.59. The standard InChI is InChI=1S/C21H31N5O3S/c1-3-17-10-18-19(30-17)4-9-28-21(18)5-7-25(8-6-21)12-15-13-26(24(2)23-15)14-16-11-22-20(27)29-16/h10,13,16,23H,3-9,11-12,14H2,1-2H3,(H,22,27). The Morgan fingerprint density at radius 3 is 2.90 bits per heavy atom. The van der Waals surface area contributed by atoms with Gasteiger partial charge >= 0.3 is 6.09 Å². The van der Waals surface area contributed by atoms with Crippen LogP contribution >= 0.6 is 11.3 Å². The minimum atomic E-state index is -0.328. The molecule has 1 aromatic rings. The van der Waals surface area contributed by atoms with Gasteiger partial charge < -0.3 is 20.2 Å². The molecule has 1 atom stereocenters. The number of piperidine rings is 1. The summed E-state index contributed by atoms with van der Waals surface area (Å²) in [6.07, 6.45) is 5.95. The average molecular weight is 434 g/mol. The lowest BCUT2D eigenvalue weighted by Crippen LogP contribution is -2.47. The summed E-state index contributed by atoms with van der Waals surface area (Å²) in [5.41, 5.74) is 5.98. The number of ether oxygens (including phenoxy) is 2. The van der Waals surface area contributed by atoms with E-state index < -0.39 is 0 Å². The van der Waals surface area contributed by atoms with Crippen LogP contribution in [-0.4, -0.2) is 73.6 Å². The number of cyclic esters (lactones) is 1. The zero-order valence-corrected chi connectivity index (χ0v) is 18.6. The molecule has 1 unspecified atom stereocenters. The van der Waals surface area contributed by atoms with Crippen molar-refractivity contribution in [2.75, 3.05) is 46.4 Å². The molecule has 0 radical (unpaired) electrons. The molecule has 0 saturated carbocycles. The molecular formula is C21H31N5O3S. The summed E-state index contributed by atoms with van der Waals surface area (Å²) in [7, 11) is 1.98. The van der Waals surface area contributed by atoms with Crippen LogP contribution in [-0.2, 0) is 27.9 Å². The molecule has 2 N–H and O–H groups in total. The van der Waals surface area contributed by atoms with E-state index in [-0.39, 0.29) is 17.8 Å². The van der Waals surface area contributed by atoms with Crippen molar-refractivity contribution in [2.45, 2.75) is 44.3 Å². The number of hydrogen-bond donors (Lipinski definition) is 2. The fraction of sp³-hybridized carbons (Fsp3) is 0.667. The van der Waals surface area contributed by atoms with Crippen molar-refractivity contribution in [1.82, 2.24) is 25.8 Å². The van der Waals surface area contributed by atoms with Gasteiger partial charge in [-0.05, 0) is 30.9 Å². The molecule has 1 spiro atoms. The lowest BCUT2D eigenvalue weighted by Gasteiger charge is -2.44. The monoisotopic (exact) mass is 433 g/mol. The fourth-order valence-corrected chi connectivity index (χ4v) is 6.11. The number of thiophene rings is 1. The molecular weight excluding hydrogens is 402 g/mol. The zero-order chi connectivity index (χ0) is 20.7. The van der Waals surface area contributed by atoms with Gasteiger partial charge in [0, 0.05) is 49.1 Å². The number of carbonyl (C=O) groups excluding carboxylic acids is 1. The Labute approximate surface area is 181 Å². The third kappa shape index (κ3) is 3.79. The van der Waals surface area contributed by atoms with Gasteiger partial charge in [0.05, 0.1) is 31.0 Å². The van der Waals surface area contributed by atoms with E-state index in [1.54, 1.807) is 4.88 Å². The summed E-state index contributed by atoms with van der Waals surface area (Å²) in [5.74, 6) is 0. The van der Waals surface area contributed by atoms with Gasteiger partial charge in [-0.1, -0.05) is 6.92 Å². The number of likely N-dealkylation sites (tertiary alicyclic amines) is 1. The van der Waals surface area contributed by atoms with Gasteiger partial charge in [-0.3, -0.25) is 9.91 Å². The van der Waals surface area contributed by atoms with Crippen molar-refractivity contribution < 1.29 is 14.3 Å². The summed E-state index contributed by atoms with van der Waals surface area (Å²) in [6.45, 7) is 7.24. The van der Waals surface area contributed by atoms with Gasteiger partial charge in [0.1, 0.15) is 6.10 Å². The van der Waals surface area contributed by atoms with Gasteiger partial charge in [0.15, 0.2) is 0 Å². The van der Waals surface area contributed by atoms with Crippen molar-refractivity contribution in [3.05, 3.63) is 33.3 Å². The fourth-order valence-electron chi connectivity index (χ4n) is 4.93. The SMILES string of the molecule is CCc1cc2c(s1)CCOC21CCN(CC2=CN(CC3CNC(=O)O3)N(C)N2)CC1. The Morgan fingerprint density at radius 2 is 2.17 bits per heavy atom. The Morgan fingerprint density at radius 1 is 1.33 bits per heavy atom. The molecule has 0 bridgehead atoms. The molecule has 4 aliphatic heterocycles. The van der Waals surface area contributed by atoms with Crippen molar-refractivity contribution in [2.24, 2.45) is 0 Å². The first kappa shape index (κ1) is 20.1. The number of amides is 1. The second-order valence-corrected chi connectivity index (χ2v) is 9.81. The maximum atomic E-state index is 11.2. The quantitative estimate of drug-likeness (QED) is 0.734. The number of hydrazine groups is 2. The minimum Gasteiger partial charge on any atom is -0.442 e. The van der Waals surface area contributed by atoms with Gasteiger partial charge in [0.2, 0.25) is 0 Å². The number of carbonyl (C=O) groups is 1. The molecule has 4 aliphatic rings. The van der Waals surface area contributed by atoms with Gasteiger partial charge in [0.25, 0.3) is 0 Å². The lowest BCUT2D eigenvalue weighted by molar-refractivity contribution is -0.0963. The topological polar surface area (TPSA) is 69.3 Å². The molecule has 0 aromatic carbocycles. The largest absolute Gasteiger partial charge is 0.442 e. The first-order chi connectivity index (χ1) is 14.5. The highest BCUT2D eigenvalue weighted by molar-refractivity contribution is 7.12. The number of hydrogen-bond acceptors (Lipinski definition) is 8. The number of nitrogens with one attached hydrogen (secondary N) is 2. The number of alkyl carbamates (subject to hydrolysis) is 1. The van der Waals surface area contributed by atoms with E-state index in [4.69, 9.17) is 9.47 Å². The van der Waals surface area contributed by atoms with Crippen LogP contribution in [0.3, 0.4) is 0 Å². The molecule has 5 heterocycles. The summed E-state index contributed by atoms with van der Waals surface area (Å²) in [5, 5.41) is 6.74. The molecule has 0 aliphatic carbocycles. The zero-order valence-electron chi connectivity index (χ0n) is 17.8. The summed E-state index contributed by atoms with van der Waals surface area (Å²) in [4.78, 5) is 16.8. The van der Waals surface area contributed by atoms with Crippen LogP contribution in [0.1, 0.15) is 35.1 Å². The predicted molar refractivity (Wildman–Crippen MR) is 115 cm³/mol. The van der Waals surface area contributed by atoms with Gasteiger partial charge in [-0.2, -0.15) is 0 Å². The van der Waals surface area contributed by atoms with Crippen molar-refractivity contribution >= 4 is 17.4 Å². The highest BCUT2D eigenvalue weighted by Crippen LogP contribution is 2.44. The summed E-state index contributed by atoms with van der Waals surface area (Å²) in [6, 6.07) is 2.41. The molecule has 1 amide bonds. The first-order valence-electron chi connectivity index (χ1n) is 10.9. The Balaban J connectivity index is 1.18. The van der Waals surface area contributed by atoms with Crippen molar-refractivity contribution in [3.63, 3.8) is 0 Å². The predicted octanol–water partition coefficient (Wildman–Crippen LogP) is 1.79. The Hall–Kier alpha value is -1.81. The number of aryl methyl sites for hydroxylation is 1. The third-order valence-corrected chi connectivity index (χ3v) is 7.94. The molecule has 2 saturated heterocycles. The highest BCUT2D eigenvalue weighted by Gasteiger charge is 2.42. The van der Waals surface area contributed by atoms with Gasteiger partial charge in [-0.25, -0.2) is 4.79 Å². The van der Waals surface area contributed by atoms with Crippen LogP contribution in [0.15, 0.2) is 18.0 Å². The molecule has 164 valence electrons. The average Bonchev–Trinajstić information content (AvgIpc) is 3.44. The normalized spacial score (nSPS) is 26.3. The van der Waals surface area contributed by atoms with Crippen LogP contribution in [0.25, 0.3) is 0 Å². The number of rotatable bonds is 5. The maximum Gasteiger partial charge on any atom is 0.407 e. The summed E-state index contributed by atoms with van der Waals surface area (Å²) < 4.78 is 11.7. The van der Waals surface area contributed by atoms with Crippen LogP contribution in [0.2, 0.25) is 0 Å². The van der Waals surface area contributed by atoms with Crippen molar-refractivity contribution in [3.8, 4) is 0 Å². The second kappa shape index (κ2) is 8.03. The van der Waals surface area contributed by atoms with E-state index in [2.05, 4.69) is 39.8 Å². The Kier molecular flexibility index (Phi) is 5.38. The van der Waals surface area contributed by atoms with E-state index >= 15 is 0 Å². The van der Waals surface area contributed by atoms with E-state index in [9.17, 15) is 4.79 Å². The van der Waals surface area contributed by atoms with E-state index in [1.807, 2.05) is 23.5 Å². The van der Waals surface area contributed by atoms with Crippen molar-refractivity contribution in [1.29, 1.82) is 0 Å². The first-order valence-corrected chi connectivity index (χ1v) is 11.8. The number of nitrogens with zero attached hydrogens (tertiary/aromatic N) is 3. The molecule has 5 rings (SSSR count). The summed E-state index contributed by atoms with van der Waals surface area (Å²) >= 11 is 1.98. The molecule has 9 heteroatoms. The van der Waals surface area contributed by atoms with Crippen LogP contribution < -0.4 is 10.7 Å². The van der Waals surface area contributed by atoms with E-state index in [0.29, 0.717) is 13.1 Å². The molecule has 1 aromatic heterocycles. The molecule has 30 heavy (non-hydrogen) atoms. The molecule has 2 fully saturated rings. The highest BCUT2D eigenvalue weighted by atomic mass is 32.1. The maximum absolute atomic E-state index is 11.2. The number of fused-ring (bicyclic) bond motifs is 2. The van der Waals surface area contributed by atoms with Crippen LogP contribution in [0.4, 0.5) is 4.79 Å². The smallest absolute Gasteiger partial charge is 0.407 e. The van der Waals surface area contributed by atoms with Gasteiger partial charge in [-0.15, -0.1) is 16.5 Å². The lowest BCUT2D eigenvalue weighted by atomic mass is 9.82. The van der Waals surface area contributed by atoms with E-state index in [0.717, 1.165) is 51.9 Å². The van der Waals surface area contributed by atoms with Crippen LogP contribution in [0, 0.1) is 0 Å². The third-order valence-electron chi connectivity index (χ3n) is 6.60.